The molecule has 0 saturated carbocycles. The van der Waals surface area contributed by atoms with Crippen LogP contribution in [0.3, 0.4) is 0 Å². The first kappa shape index (κ1) is 22.3. The number of hydrogen-bond donors (Lipinski definition) is 1. The molecular formula is C25H28N2O4S. The van der Waals surface area contributed by atoms with Gasteiger partial charge in [0.25, 0.3) is 0 Å². The lowest BCUT2D eigenvalue weighted by Gasteiger charge is -2.27. The second kappa shape index (κ2) is 9.71. The van der Waals surface area contributed by atoms with Crippen LogP contribution in [-0.2, 0) is 21.2 Å². The zero-order chi connectivity index (χ0) is 22.6. The Balaban J connectivity index is 1.55. The summed E-state index contributed by atoms with van der Waals surface area (Å²) < 4.78 is 33.6. The highest BCUT2D eigenvalue weighted by atomic mass is 32.2. The van der Waals surface area contributed by atoms with Gasteiger partial charge in [0.15, 0.2) is 0 Å². The van der Waals surface area contributed by atoms with Gasteiger partial charge < -0.3 is 10.1 Å². The number of fused-ring (bicyclic) bond motifs is 1. The summed E-state index contributed by atoms with van der Waals surface area (Å²) in [4.78, 5) is 12.8. The second-order valence-corrected chi connectivity index (χ2v) is 9.87. The Hall–Kier alpha value is -2.90. The molecule has 0 spiro atoms. The summed E-state index contributed by atoms with van der Waals surface area (Å²) in [5.41, 5.74) is 1.34. The Kier molecular flexibility index (Phi) is 6.77. The van der Waals surface area contributed by atoms with Crippen molar-refractivity contribution in [3.8, 4) is 5.75 Å². The summed E-state index contributed by atoms with van der Waals surface area (Å²) in [6.45, 7) is 3.19. The molecule has 1 saturated heterocycles. The molecule has 1 aliphatic heterocycles. The minimum atomic E-state index is -3.70. The molecule has 1 fully saturated rings. The molecule has 3 aromatic carbocycles. The topological polar surface area (TPSA) is 75.7 Å². The number of anilines is 1. The number of hydrogen-bond acceptors (Lipinski definition) is 4. The van der Waals surface area contributed by atoms with Crippen LogP contribution in [0, 0.1) is 0 Å². The number of piperidine rings is 1. The van der Waals surface area contributed by atoms with Gasteiger partial charge in [-0.05, 0) is 54.3 Å². The van der Waals surface area contributed by atoms with Crippen LogP contribution in [0.15, 0.2) is 65.6 Å². The van der Waals surface area contributed by atoms with E-state index < -0.39 is 10.0 Å². The maximum atomic E-state index is 13.3. The van der Waals surface area contributed by atoms with Crippen LogP contribution in [-0.4, -0.2) is 38.3 Å². The zero-order valence-electron chi connectivity index (χ0n) is 18.2. The third kappa shape index (κ3) is 4.95. The molecule has 0 bridgehead atoms. The molecule has 6 nitrogen and oxygen atoms in total. The van der Waals surface area contributed by atoms with E-state index in [4.69, 9.17) is 4.74 Å². The maximum absolute atomic E-state index is 13.3. The van der Waals surface area contributed by atoms with E-state index in [0.29, 0.717) is 31.1 Å². The molecule has 1 amide bonds. The quantitative estimate of drug-likeness (QED) is 0.569. The van der Waals surface area contributed by atoms with Crippen LogP contribution in [0.4, 0.5) is 5.69 Å². The highest BCUT2D eigenvalue weighted by Crippen LogP contribution is 2.31. The van der Waals surface area contributed by atoms with Crippen molar-refractivity contribution in [3.05, 3.63) is 66.2 Å². The fourth-order valence-electron chi connectivity index (χ4n) is 4.05. The molecule has 3 aromatic rings. The molecule has 0 atom stereocenters. The van der Waals surface area contributed by atoms with E-state index >= 15 is 0 Å². The fraction of sp³-hybridized carbons (Fsp3) is 0.320. The van der Waals surface area contributed by atoms with Gasteiger partial charge in [-0.3, -0.25) is 4.79 Å². The summed E-state index contributed by atoms with van der Waals surface area (Å²) in [6, 6.07) is 18.7. The van der Waals surface area contributed by atoms with E-state index in [2.05, 4.69) is 5.32 Å². The molecule has 4 rings (SSSR count). The van der Waals surface area contributed by atoms with Crippen LogP contribution < -0.4 is 10.1 Å². The van der Waals surface area contributed by atoms with Gasteiger partial charge in [0.1, 0.15) is 10.6 Å². The summed E-state index contributed by atoms with van der Waals surface area (Å²) in [5.74, 6) is 0.108. The summed E-state index contributed by atoms with van der Waals surface area (Å²) >= 11 is 0. The van der Waals surface area contributed by atoms with Crippen LogP contribution in [0.2, 0.25) is 0 Å². The normalized spacial score (nSPS) is 14.9. The van der Waals surface area contributed by atoms with Crippen LogP contribution in [0.25, 0.3) is 10.8 Å². The Labute approximate surface area is 189 Å². The van der Waals surface area contributed by atoms with Gasteiger partial charge in [0.2, 0.25) is 15.9 Å². The molecule has 32 heavy (non-hydrogen) atoms. The van der Waals surface area contributed by atoms with Gasteiger partial charge in [0.05, 0.1) is 13.0 Å². The average molecular weight is 453 g/mol. The number of carbonyl (C=O) groups excluding carboxylic acids is 1. The summed E-state index contributed by atoms with van der Waals surface area (Å²) in [7, 11) is -3.70. The Bertz CT molecular complexity index is 1220. The fourth-order valence-corrected chi connectivity index (χ4v) is 5.72. The largest absolute Gasteiger partial charge is 0.492 e. The number of rotatable bonds is 7. The van der Waals surface area contributed by atoms with Crippen LogP contribution in [0.1, 0.15) is 31.7 Å². The first-order chi connectivity index (χ1) is 15.5. The van der Waals surface area contributed by atoms with Gasteiger partial charge in [-0.25, -0.2) is 8.42 Å². The Morgan fingerprint density at radius 2 is 1.72 bits per heavy atom. The number of nitrogens with zero attached hydrogens (tertiary/aromatic N) is 1. The third-order valence-corrected chi connectivity index (χ3v) is 7.56. The summed E-state index contributed by atoms with van der Waals surface area (Å²) in [5, 5.41) is 5.04. The third-order valence-electron chi connectivity index (χ3n) is 5.64. The number of nitrogens with one attached hydrogen (secondary N) is 1. The van der Waals surface area contributed by atoms with E-state index in [0.717, 1.165) is 35.6 Å². The minimum absolute atomic E-state index is 0.102. The highest BCUT2D eigenvalue weighted by Gasteiger charge is 2.29. The molecule has 168 valence electrons. The van der Waals surface area contributed by atoms with E-state index in [1.165, 1.54) is 10.4 Å². The Morgan fingerprint density at radius 3 is 2.47 bits per heavy atom. The predicted octanol–water partition coefficient (Wildman–Crippen LogP) is 4.59. The average Bonchev–Trinajstić information content (AvgIpc) is 2.80. The summed E-state index contributed by atoms with van der Waals surface area (Å²) in [6.07, 6.45) is 2.94. The smallest absolute Gasteiger partial charge is 0.246 e. The lowest BCUT2D eigenvalue weighted by atomic mass is 10.0. The first-order valence-electron chi connectivity index (χ1n) is 11.0. The van der Waals surface area contributed by atoms with Crippen molar-refractivity contribution in [2.45, 2.75) is 37.5 Å². The molecule has 0 unspecified atom stereocenters. The molecule has 1 N–H and O–H groups in total. The van der Waals surface area contributed by atoms with Crippen molar-refractivity contribution < 1.29 is 17.9 Å². The van der Waals surface area contributed by atoms with Crippen molar-refractivity contribution in [1.29, 1.82) is 0 Å². The molecular weight excluding hydrogens is 424 g/mol. The van der Waals surface area contributed by atoms with Crippen LogP contribution >= 0.6 is 0 Å². The number of ether oxygens (including phenoxy) is 1. The molecule has 0 aliphatic carbocycles. The first-order valence-corrected chi connectivity index (χ1v) is 12.5. The van der Waals surface area contributed by atoms with Crippen molar-refractivity contribution >= 4 is 32.4 Å². The van der Waals surface area contributed by atoms with Crippen molar-refractivity contribution in [2.75, 3.05) is 25.0 Å². The van der Waals surface area contributed by atoms with E-state index in [1.54, 1.807) is 12.1 Å². The van der Waals surface area contributed by atoms with Gasteiger partial charge in [-0.1, -0.05) is 48.9 Å². The maximum Gasteiger partial charge on any atom is 0.246 e. The number of amides is 1. The second-order valence-electron chi connectivity index (χ2n) is 7.97. The number of sulfonamides is 1. The van der Waals surface area contributed by atoms with Crippen molar-refractivity contribution in [2.24, 2.45) is 0 Å². The lowest BCUT2D eigenvalue weighted by Crippen LogP contribution is -2.35. The van der Waals surface area contributed by atoms with Gasteiger partial charge in [0, 0.05) is 18.8 Å². The number of carbonyl (C=O) groups is 1. The van der Waals surface area contributed by atoms with Crippen molar-refractivity contribution in [3.63, 3.8) is 0 Å². The van der Waals surface area contributed by atoms with Crippen LogP contribution in [0.5, 0.6) is 5.75 Å². The zero-order valence-corrected chi connectivity index (χ0v) is 19.0. The lowest BCUT2D eigenvalue weighted by molar-refractivity contribution is -0.115. The minimum Gasteiger partial charge on any atom is -0.492 e. The SMILES string of the molecule is CCOc1ccc(NC(=O)Cc2ccc3ccccc3c2)cc1S(=O)(=O)N1CCCCC1. The van der Waals surface area contributed by atoms with Gasteiger partial charge >= 0.3 is 0 Å². The van der Waals surface area contributed by atoms with E-state index in [9.17, 15) is 13.2 Å². The number of benzene rings is 3. The Morgan fingerprint density at radius 1 is 0.969 bits per heavy atom. The standard InChI is InChI=1S/C25H28N2O4S/c1-2-31-23-13-12-22(18-24(23)32(29,30)27-14-6-3-7-15-27)26-25(28)17-19-10-11-20-8-4-5-9-21(20)16-19/h4-5,8-13,16,18H,2-3,6-7,14-15,17H2,1H3,(H,26,28). The van der Waals surface area contributed by atoms with Gasteiger partial charge in [-0.15, -0.1) is 0 Å². The highest BCUT2D eigenvalue weighted by molar-refractivity contribution is 7.89. The predicted molar refractivity (Wildman–Crippen MR) is 127 cm³/mol. The molecule has 0 radical (unpaired) electrons. The van der Waals surface area contributed by atoms with E-state index in [-0.39, 0.29) is 17.2 Å². The monoisotopic (exact) mass is 452 g/mol. The van der Waals surface area contributed by atoms with E-state index in [1.807, 2.05) is 49.4 Å². The van der Waals surface area contributed by atoms with Gasteiger partial charge in [-0.2, -0.15) is 4.31 Å². The molecule has 0 aromatic heterocycles. The molecule has 1 aliphatic rings. The molecule has 1 heterocycles. The molecule has 7 heteroatoms. The van der Waals surface area contributed by atoms with Crippen molar-refractivity contribution in [1.82, 2.24) is 4.31 Å².